The average Bonchev–Trinajstić information content (AvgIpc) is 2.76. The Morgan fingerprint density at radius 3 is 2.71 bits per heavy atom. The second-order valence-corrected chi connectivity index (χ2v) is 4.12. The van der Waals surface area contributed by atoms with E-state index in [4.69, 9.17) is 4.74 Å². The van der Waals surface area contributed by atoms with Crippen LogP contribution in [0.5, 0.6) is 0 Å². The van der Waals surface area contributed by atoms with Gasteiger partial charge in [-0.2, -0.15) is 0 Å². The van der Waals surface area contributed by atoms with Crippen molar-refractivity contribution in [1.29, 1.82) is 0 Å². The minimum Gasteiger partial charge on any atom is -0.462 e. The van der Waals surface area contributed by atoms with Gasteiger partial charge < -0.3 is 4.74 Å². The first-order valence-electron chi connectivity index (χ1n) is 5.70. The summed E-state index contributed by atoms with van der Waals surface area (Å²) >= 11 is 0. The highest BCUT2D eigenvalue weighted by atomic mass is 16.5. The molecule has 3 rings (SSSR count). The first-order chi connectivity index (χ1) is 8.34. The third-order valence-electron chi connectivity index (χ3n) is 3.02. The Balaban J connectivity index is 2.15. The molecule has 17 heavy (non-hydrogen) atoms. The molecule has 0 aromatic heterocycles. The van der Waals surface area contributed by atoms with Gasteiger partial charge in [-0.1, -0.05) is 42.5 Å². The van der Waals surface area contributed by atoms with E-state index in [-0.39, 0.29) is 5.97 Å². The van der Waals surface area contributed by atoms with Gasteiger partial charge in [0.2, 0.25) is 0 Å². The Morgan fingerprint density at radius 2 is 1.88 bits per heavy atom. The van der Waals surface area contributed by atoms with Crippen molar-refractivity contribution in [3.8, 4) is 0 Å². The lowest BCUT2D eigenvalue weighted by Gasteiger charge is -2.02. The summed E-state index contributed by atoms with van der Waals surface area (Å²) in [5.74, 6) is -0.182. The number of hydrogen-bond acceptors (Lipinski definition) is 2. The van der Waals surface area contributed by atoms with Crippen molar-refractivity contribution >= 4 is 22.8 Å². The van der Waals surface area contributed by atoms with Crippen LogP contribution in [-0.2, 0) is 9.53 Å². The molecule has 2 nitrogen and oxygen atoms in total. The van der Waals surface area contributed by atoms with E-state index >= 15 is 0 Å². The van der Waals surface area contributed by atoms with Crippen LogP contribution in [0.4, 0.5) is 0 Å². The summed E-state index contributed by atoms with van der Waals surface area (Å²) in [5, 5.41) is 2.36. The number of cyclic esters (lactones) is 1. The molecule has 0 atom stereocenters. The Bertz CT molecular complexity index is 606. The molecule has 1 aliphatic rings. The highest BCUT2D eigenvalue weighted by molar-refractivity contribution is 5.99. The van der Waals surface area contributed by atoms with Gasteiger partial charge in [-0.3, -0.25) is 0 Å². The van der Waals surface area contributed by atoms with Crippen molar-refractivity contribution in [3.05, 3.63) is 53.6 Å². The van der Waals surface area contributed by atoms with Crippen LogP contribution in [0.15, 0.2) is 48.0 Å². The van der Waals surface area contributed by atoms with Gasteiger partial charge in [-0.25, -0.2) is 4.79 Å². The molecule has 84 valence electrons. The standard InChI is InChI=1S/C15H12O2/c16-15-13(8-9-17-15)10-12-6-3-5-11-4-1-2-7-14(11)12/h1-7,10H,8-9H2. The van der Waals surface area contributed by atoms with E-state index in [0.29, 0.717) is 13.0 Å². The number of fused-ring (bicyclic) bond motifs is 1. The van der Waals surface area contributed by atoms with Gasteiger partial charge >= 0.3 is 5.97 Å². The van der Waals surface area contributed by atoms with Crippen molar-refractivity contribution < 1.29 is 9.53 Å². The van der Waals surface area contributed by atoms with Crippen molar-refractivity contribution in [3.63, 3.8) is 0 Å². The maximum absolute atomic E-state index is 11.4. The van der Waals surface area contributed by atoms with Crippen LogP contribution in [-0.4, -0.2) is 12.6 Å². The van der Waals surface area contributed by atoms with E-state index in [0.717, 1.165) is 11.1 Å². The highest BCUT2D eigenvalue weighted by Crippen LogP contribution is 2.23. The van der Waals surface area contributed by atoms with E-state index in [1.807, 2.05) is 30.3 Å². The van der Waals surface area contributed by atoms with Crippen LogP contribution in [0.2, 0.25) is 0 Å². The molecule has 1 heterocycles. The summed E-state index contributed by atoms with van der Waals surface area (Å²) in [5.41, 5.74) is 1.85. The molecule has 0 saturated carbocycles. The first kappa shape index (κ1) is 10.1. The van der Waals surface area contributed by atoms with Crippen LogP contribution in [0.3, 0.4) is 0 Å². The maximum Gasteiger partial charge on any atom is 0.334 e. The van der Waals surface area contributed by atoms with Gasteiger partial charge in [0.25, 0.3) is 0 Å². The summed E-state index contributed by atoms with van der Waals surface area (Å²) < 4.78 is 4.94. The van der Waals surface area contributed by atoms with Gasteiger partial charge in [0, 0.05) is 12.0 Å². The number of carbonyl (C=O) groups excluding carboxylic acids is 1. The van der Waals surface area contributed by atoms with Gasteiger partial charge in [-0.05, 0) is 22.4 Å². The second-order valence-electron chi connectivity index (χ2n) is 4.12. The Kier molecular flexibility index (Phi) is 2.41. The molecule has 0 N–H and O–H groups in total. The Hall–Kier alpha value is -2.09. The Labute approximate surface area is 99.5 Å². The average molecular weight is 224 g/mol. The molecule has 0 radical (unpaired) electrons. The molecular formula is C15H12O2. The predicted molar refractivity (Wildman–Crippen MR) is 67.5 cm³/mol. The number of ether oxygens (including phenoxy) is 1. The first-order valence-corrected chi connectivity index (χ1v) is 5.70. The van der Waals surface area contributed by atoms with Crippen molar-refractivity contribution in [2.45, 2.75) is 6.42 Å². The highest BCUT2D eigenvalue weighted by Gasteiger charge is 2.18. The van der Waals surface area contributed by atoms with Gasteiger partial charge in [0.1, 0.15) is 0 Å². The molecule has 1 fully saturated rings. The fourth-order valence-corrected chi connectivity index (χ4v) is 2.14. The lowest BCUT2D eigenvalue weighted by Crippen LogP contribution is -1.94. The molecule has 2 heteroatoms. The summed E-state index contributed by atoms with van der Waals surface area (Å²) in [6, 6.07) is 14.3. The van der Waals surface area contributed by atoms with E-state index in [1.165, 1.54) is 10.8 Å². The summed E-state index contributed by atoms with van der Waals surface area (Å²) in [4.78, 5) is 11.4. The fourth-order valence-electron chi connectivity index (χ4n) is 2.14. The molecule has 2 aromatic rings. The zero-order chi connectivity index (χ0) is 11.7. The molecule has 1 aliphatic heterocycles. The van der Waals surface area contributed by atoms with Crippen LogP contribution >= 0.6 is 0 Å². The smallest absolute Gasteiger partial charge is 0.334 e. The van der Waals surface area contributed by atoms with Crippen LogP contribution in [0.25, 0.3) is 16.8 Å². The van der Waals surface area contributed by atoms with Crippen LogP contribution < -0.4 is 0 Å². The number of carbonyl (C=O) groups is 1. The Morgan fingerprint density at radius 1 is 1.06 bits per heavy atom. The van der Waals surface area contributed by atoms with Gasteiger partial charge in [0.05, 0.1) is 6.61 Å². The van der Waals surface area contributed by atoms with E-state index in [9.17, 15) is 4.79 Å². The molecule has 0 aliphatic carbocycles. The normalized spacial score (nSPS) is 17.6. The summed E-state index contributed by atoms with van der Waals surface area (Å²) in [6.45, 7) is 0.509. The van der Waals surface area contributed by atoms with E-state index in [2.05, 4.69) is 18.2 Å². The molecule has 2 aromatic carbocycles. The van der Waals surface area contributed by atoms with Crippen molar-refractivity contribution in [1.82, 2.24) is 0 Å². The lowest BCUT2D eigenvalue weighted by molar-refractivity contribution is -0.134. The monoisotopic (exact) mass is 224 g/mol. The SMILES string of the molecule is O=C1OCCC1=Cc1cccc2ccccc12. The van der Waals surface area contributed by atoms with E-state index in [1.54, 1.807) is 0 Å². The van der Waals surface area contributed by atoms with Crippen LogP contribution in [0, 0.1) is 0 Å². The predicted octanol–water partition coefficient (Wildman–Crippen LogP) is 3.17. The summed E-state index contributed by atoms with van der Waals surface area (Å²) in [7, 11) is 0. The minimum absolute atomic E-state index is 0.182. The van der Waals surface area contributed by atoms with Crippen molar-refractivity contribution in [2.24, 2.45) is 0 Å². The fraction of sp³-hybridized carbons (Fsp3) is 0.133. The largest absolute Gasteiger partial charge is 0.462 e. The zero-order valence-corrected chi connectivity index (χ0v) is 9.35. The molecule has 0 spiro atoms. The molecule has 0 bridgehead atoms. The zero-order valence-electron chi connectivity index (χ0n) is 9.35. The molecule has 0 unspecified atom stereocenters. The number of rotatable bonds is 1. The third kappa shape index (κ3) is 1.82. The van der Waals surface area contributed by atoms with Gasteiger partial charge in [-0.15, -0.1) is 0 Å². The summed E-state index contributed by atoms with van der Waals surface area (Å²) in [6.07, 6.45) is 2.65. The number of hydrogen-bond donors (Lipinski definition) is 0. The topological polar surface area (TPSA) is 26.3 Å². The second kappa shape index (κ2) is 4.06. The number of esters is 1. The molecular weight excluding hydrogens is 212 g/mol. The van der Waals surface area contributed by atoms with E-state index < -0.39 is 0 Å². The molecule has 1 saturated heterocycles. The quantitative estimate of drug-likeness (QED) is 0.549. The minimum atomic E-state index is -0.182. The number of benzene rings is 2. The van der Waals surface area contributed by atoms with Gasteiger partial charge in [0.15, 0.2) is 0 Å². The maximum atomic E-state index is 11.4. The molecule has 0 amide bonds. The third-order valence-corrected chi connectivity index (χ3v) is 3.02. The van der Waals surface area contributed by atoms with Crippen LogP contribution in [0.1, 0.15) is 12.0 Å². The van der Waals surface area contributed by atoms with Crippen molar-refractivity contribution in [2.75, 3.05) is 6.61 Å². The lowest BCUT2D eigenvalue weighted by atomic mass is 10.0.